The first kappa shape index (κ1) is 21.4. The van der Waals surface area contributed by atoms with Crippen LogP contribution in [0.3, 0.4) is 0 Å². The molecule has 0 bridgehead atoms. The van der Waals surface area contributed by atoms with Gasteiger partial charge in [-0.2, -0.15) is 0 Å². The van der Waals surface area contributed by atoms with E-state index in [1.807, 2.05) is 18.2 Å². The van der Waals surface area contributed by atoms with E-state index in [1.165, 1.54) is 38.5 Å². The molecule has 0 radical (unpaired) electrons. The number of carboxylic acids is 1. The van der Waals surface area contributed by atoms with Gasteiger partial charge in [0.25, 0.3) is 10.0 Å². The molecule has 0 saturated carbocycles. The van der Waals surface area contributed by atoms with Gasteiger partial charge in [-0.25, -0.2) is 13.2 Å². The Labute approximate surface area is 174 Å². The number of anilines is 1. The van der Waals surface area contributed by atoms with Crippen LogP contribution in [-0.2, 0) is 14.8 Å². The SMILES string of the molecule is COCCOc1cc(NS(=O)(=O)c2ccc3ccccc3c2)c(C(=O)O)cc1OC. The minimum atomic E-state index is -4.06. The quantitative estimate of drug-likeness (QED) is 0.500. The Morgan fingerprint density at radius 2 is 1.70 bits per heavy atom. The summed E-state index contributed by atoms with van der Waals surface area (Å²) in [5.74, 6) is -0.958. The van der Waals surface area contributed by atoms with Gasteiger partial charge in [0.05, 0.1) is 29.9 Å². The topological polar surface area (TPSA) is 111 Å². The largest absolute Gasteiger partial charge is 0.493 e. The van der Waals surface area contributed by atoms with Crippen molar-refractivity contribution in [1.29, 1.82) is 0 Å². The Morgan fingerprint density at radius 1 is 0.967 bits per heavy atom. The van der Waals surface area contributed by atoms with Gasteiger partial charge in [-0.15, -0.1) is 0 Å². The van der Waals surface area contributed by atoms with Gasteiger partial charge in [0.1, 0.15) is 6.61 Å². The van der Waals surface area contributed by atoms with Crippen molar-refractivity contribution in [2.75, 3.05) is 32.2 Å². The molecule has 3 aromatic rings. The van der Waals surface area contributed by atoms with Crippen molar-refractivity contribution in [2.24, 2.45) is 0 Å². The van der Waals surface area contributed by atoms with Crippen LogP contribution in [0.4, 0.5) is 5.69 Å². The van der Waals surface area contributed by atoms with E-state index in [0.717, 1.165) is 10.8 Å². The molecular formula is C21H21NO7S. The normalized spacial score (nSPS) is 11.3. The summed E-state index contributed by atoms with van der Waals surface area (Å²) < 4.78 is 43.9. The fraction of sp³-hybridized carbons (Fsp3) is 0.190. The molecule has 0 atom stereocenters. The molecule has 0 unspecified atom stereocenters. The van der Waals surface area contributed by atoms with Crippen molar-refractivity contribution in [2.45, 2.75) is 4.90 Å². The van der Waals surface area contributed by atoms with Gasteiger partial charge in [0.2, 0.25) is 0 Å². The lowest BCUT2D eigenvalue weighted by atomic mass is 10.1. The van der Waals surface area contributed by atoms with Gasteiger partial charge < -0.3 is 19.3 Å². The highest BCUT2D eigenvalue weighted by molar-refractivity contribution is 7.92. The number of methoxy groups -OCH3 is 2. The third-order valence-corrected chi connectivity index (χ3v) is 5.72. The van der Waals surface area contributed by atoms with E-state index >= 15 is 0 Å². The Bertz CT molecular complexity index is 1180. The minimum absolute atomic E-state index is 0.00945. The lowest BCUT2D eigenvalue weighted by Gasteiger charge is -2.16. The van der Waals surface area contributed by atoms with Gasteiger partial charge in [-0.3, -0.25) is 4.72 Å². The number of sulfonamides is 1. The first-order chi connectivity index (χ1) is 14.4. The predicted octanol–water partition coefficient (Wildman–Crippen LogP) is 3.37. The summed E-state index contributed by atoms with van der Waals surface area (Å²) in [6.07, 6.45) is 0. The molecule has 0 aliphatic rings. The van der Waals surface area contributed by atoms with Gasteiger partial charge in [-0.1, -0.05) is 30.3 Å². The van der Waals surface area contributed by atoms with E-state index in [1.54, 1.807) is 12.1 Å². The molecule has 8 nitrogen and oxygen atoms in total. The van der Waals surface area contributed by atoms with Gasteiger partial charge in [-0.05, 0) is 22.9 Å². The number of hydrogen-bond acceptors (Lipinski definition) is 6. The minimum Gasteiger partial charge on any atom is -0.493 e. The smallest absolute Gasteiger partial charge is 0.337 e. The van der Waals surface area contributed by atoms with Crippen molar-refractivity contribution in [3.8, 4) is 11.5 Å². The zero-order chi connectivity index (χ0) is 21.7. The van der Waals surface area contributed by atoms with Crippen molar-refractivity contribution < 1.29 is 32.5 Å². The van der Waals surface area contributed by atoms with Crippen LogP contribution in [0.15, 0.2) is 59.5 Å². The van der Waals surface area contributed by atoms with Gasteiger partial charge >= 0.3 is 5.97 Å². The molecule has 0 amide bonds. The highest BCUT2D eigenvalue weighted by Gasteiger charge is 2.22. The van der Waals surface area contributed by atoms with Crippen molar-refractivity contribution >= 4 is 32.5 Å². The molecule has 30 heavy (non-hydrogen) atoms. The van der Waals surface area contributed by atoms with Gasteiger partial charge in [0, 0.05) is 19.2 Å². The fourth-order valence-electron chi connectivity index (χ4n) is 2.87. The molecule has 0 fully saturated rings. The van der Waals surface area contributed by atoms with Crippen LogP contribution >= 0.6 is 0 Å². The molecule has 0 aliphatic heterocycles. The molecule has 3 rings (SSSR count). The van der Waals surface area contributed by atoms with Crippen LogP contribution in [0, 0.1) is 0 Å². The average Bonchev–Trinajstić information content (AvgIpc) is 2.73. The summed E-state index contributed by atoms with van der Waals surface area (Å²) in [5.41, 5.74) is -0.404. The third-order valence-electron chi connectivity index (χ3n) is 4.35. The molecule has 0 heterocycles. The first-order valence-corrected chi connectivity index (χ1v) is 10.4. The number of aromatic carboxylic acids is 1. The van der Waals surface area contributed by atoms with Crippen molar-refractivity contribution in [3.63, 3.8) is 0 Å². The van der Waals surface area contributed by atoms with E-state index in [4.69, 9.17) is 14.2 Å². The predicted molar refractivity (Wildman–Crippen MR) is 112 cm³/mol. The molecule has 0 aromatic heterocycles. The second-order valence-electron chi connectivity index (χ2n) is 6.31. The standard InChI is InChI=1S/C21H21NO7S/c1-27-9-10-29-20-13-18(17(21(23)24)12-19(20)28-2)22-30(25,26)16-8-7-14-5-3-4-6-15(14)11-16/h3-8,11-13,22H,9-10H2,1-2H3,(H,23,24). The zero-order valence-electron chi connectivity index (χ0n) is 16.4. The number of ether oxygens (including phenoxy) is 3. The van der Waals surface area contributed by atoms with Crippen molar-refractivity contribution in [1.82, 2.24) is 0 Å². The van der Waals surface area contributed by atoms with E-state index in [0.29, 0.717) is 6.61 Å². The number of fused-ring (bicyclic) bond motifs is 1. The Hall–Kier alpha value is -3.30. The van der Waals surface area contributed by atoms with E-state index in [2.05, 4.69) is 4.72 Å². The summed E-state index contributed by atoms with van der Waals surface area (Å²) in [6, 6.07) is 14.5. The lowest BCUT2D eigenvalue weighted by Crippen LogP contribution is -2.16. The molecule has 3 aromatic carbocycles. The van der Waals surface area contributed by atoms with Crippen molar-refractivity contribution in [3.05, 3.63) is 60.2 Å². The van der Waals surface area contributed by atoms with E-state index in [-0.39, 0.29) is 34.3 Å². The van der Waals surface area contributed by atoms with Crippen LogP contribution in [0.1, 0.15) is 10.4 Å². The van der Waals surface area contributed by atoms with E-state index in [9.17, 15) is 18.3 Å². The second-order valence-corrected chi connectivity index (χ2v) is 7.99. The molecule has 9 heteroatoms. The number of benzene rings is 3. The first-order valence-electron chi connectivity index (χ1n) is 8.94. The summed E-state index contributed by atoms with van der Waals surface area (Å²) >= 11 is 0. The maximum absolute atomic E-state index is 13.0. The molecule has 158 valence electrons. The fourth-order valence-corrected chi connectivity index (χ4v) is 3.97. The second kappa shape index (κ2) is 9.02. The van der Waals surface area contributed by atoms with Crippen LogP contribution < -0.4 is 14.2 Å². The van der Waals surface area contributed by atoms with Crippen LogP contribution in [0.25, 0.3) is 10.8 Å². The summed E-state index contributed by atoms with van der Waals surface area (Å²) in [4.78, 5) is 11.7. The average molecular weight is 431 g/mol. The molecule has 0 saturated heterocycles. The zero-order valence-corrected chi connectivity index (χ0v) is 17.2. The molecule has 0 aliphatic carbocycles. The maximum atomic E-state index is 13.0. The third kappa shape index (κ3) is 4.64. The van der Waals surface area contributed by atoms with Gasteiger partial charge in [0.15, 0.2) is 11.5 Å². The Kier molecular flexibility index (Phi) is 6.43. The Morgan fingerprint density at radius 3 is 2.37 bits per heavy atom. The lowest BCUT2D eigenvalue weighted by molar-refractivity contribution is 0.0697. The summed E-state index contributed by atoms with van der Waals surface area (Å²) in [6.45, 7) is 0.470. The number of rotatable bonds is 9. The summed E-state index contributed by atoms with van der Waals surface area (Å²) in [5, 5.41) is 11.2. The Balaban J connectivity index is 2.01. The maximum Gasteiger partial charge on any atom is 0.337 e. The highest BCUT2D eigenvalue weighted by Crippen LogP contribution is 2.35. The van der Waals surface area contributed by atoms with E-state index < -0.39 is 16.0 Å². The number of carboxylic acid groups (broad SMARTS) is 1. The van der Waals surface area contributed by atoms with Crippen LogP contribution in [-0.4, -0.2) is 46.9 Å². The molecular weight excluding hydrogens is 410 g/mol. The van der Waals surface area contributed by atoms with Crippen LogP contribution in [0.5, 0.6) is 11.5 Å². The van der Waals surface area contributed by atoms with Crippen LogP contribution in [0.2, 0.25) is 0 Å². The number of hydrogen-bond donors (Lipinski definition) is 2. The molecule has 0 spiro atoms. The monoisotopic (exact) mass is 431 g/mol. The highest BCUT2D eigenvalue weighted by atomic mass is 32.2. The number of carbonyl (C=O) groups is 1. The number of nitrogens with one attached hydrogen (secondary N) is 1. The summed E-state index contributed by atoms with van der Waals surface area (Å²) in [7, 11) is -1.18. The molecule has 2 N–H and O–H groups in total.